The zero-order chi connectivity index (χ0) is 17.2. The van der Waals surface area contributed by atoms with E-state index in [1.54, 1.807) is 30.3 Å². The third-order valence-electron chi connectivity index (χ3n) is 3.94. The lowest BCUT2D eigenvalue weighted by Crippen LogP contribution is -2.27. The molecule has 2 heterocycles. The van der Waals surface area contributed by atoms with Crippen molar-refractivity contribution in [1.82, 2.24) is 4.31 Å². The molecule has 6 nitrogen and oxygen atoms in total. The highest BCUT2D eigenvalue weighted by Gasteiger charge is 2.29. The lowest BCUT2D eigenvalue weighted by molar-refractivity contribution is 0.101. The highest BCUT2D eigenvalue weighted by Crippen LogP contribution is 2.23. The molecule has 1 fully saturated rings. The standard InChI is InChI=1S/C17H19NO5S/c1-13(19)14-4-6-15(7-5-14)22-12-16-8-9-17(23-16)24(20,21)18-10-2-3-11-18/h4-9H,2-3,10-12H2,1H3. The molecule has 7 heteroatoms. The first-order valence-electron chi connectivity index (χ1n) is 7.79. The molecule has 0 bridgehead atoms. The first kappa shape index (κ1) is 16.7. The predicted molar refractivity (Wildman–Crippen MR) is 87.5 cm³/mol. The minimum Gasteiger partial charge on any atom is -0.486 e. The number of hydrogen-bond donors (Lipinski definition) is 0. The monoisotopic (exact) mass is 349 g/mol. The highest BCUT2D eigenvalue weighted by molar-refractivity contribution is 7.89. The van der Waals surface area contributed by atoms with Gasteiger partial charge in [-0.2, -0.15) is 4.31 Å². The van der Waals surface area contributed by atoms with Gasteiger partial charge in [0.2, 0.25) is 5.09 Å². The fourth-order valence-corrected chi connectivity index (χ4v) is 4.02. The maximum absolute atomic E-state index is 12.4. The Bertz CT molecular complexity index is 817. The van der Waals surface area contributed by atoms with E-state index in [1.165, 1.54) is 17.3 Å². The Morgan fingerprint density at radius 1 is 1.12 bits per heavy atom. The number of carbonyl (C=O) groups is 1. The molecule has 0 N–H and O–H groups in total. The van der Waals surface area contributed by atoms with Gasteiger partial charge in [-0.3, -0.25) is 4.79 Å². The first-order chi connectivity index (χ1) is 11.5. The summed E-state index contributed by atoms with van der Waals surface area (Å²) in [4.78, 5) is 11.2. The van der Waals surface area contributed by atoms with Gasteiger partial charge in [-0.05, 0) is 56.2 Å². The summed E-state index contributed by atoms with van der Waals surface area (Å²) in [7, 11) is -3.54. The van der Waals surface area contributed by atoms with E-state index in [0.717, 1.165) is 12.8 Å². The summed E-state index contributed by atoms with van der Waals surface area (Å²) >= 11 is 0. The van der Waals surface area contributed by atoms with E-state index in [2.05, 4.69) is 0 Å². The van der Waals surface area contributed by atoms with Crippen LogP contribution in [0.4, 0.5) is 0 Å². The van der Waals surface area contributed by atoms with E-state index in [1.807, 2.05) is 0 Å². The third kappa shape index (κ3) is 3.52. The normalized spacial score (nSPS) is 15.5. The molecule has 0 spiro atoms. The van der Waals surface area contributed by atoms with Gasteiger partial charge in [0.25, 0.3) is 10.0 Å². The maximum Gasteiger partial charge on any atom is 0.276 e. The molecule has 0 radical (unpaired) electrons. The van der Waals surface area contributed by atoms with E-state index < -0.39 is 10.0 Å². The van der Waals surface area contributed by atoms with Crippen LogP contribution in [0, 0.1) is 0 Å². The summed E-state index contributed by atoms with van der Waals surface area (Å²) in [5.41, 5.74) is 0.611. The smallest absolute Gasteiger partial charge is 0.276 e. The zero-order valence-electron chi connectivity index (χ0n) is 13.4. The molecule has 1 saturated heterocycles. The molecule has 1 aromatic carbocycles. The van der Waals surface area contributed by atoms with Crippen LogP contribution >= 0.6 is 0 Å². The third-order valence-corrected chi connectivity index (χ3v) is 5.71. The van der Waals surface area contributed by atoms with E-state index in [9.17, 15) is 13.2 Å². The number of furan rings is 1. The van der Waals surface area contributed by atoms with E-state index in [4.69, 9.17) is 9.15 Å². The van der Waals surface area contributed by atoms with Gasteiger partial charge in [0.15, 0.2) is 5.78 Å². The van der Waals surface area contributed by atoms with Gasteiger partial charge in [-0.25, -0.2) is 8.42 Å². The predicted octanol–water partition coefficient (Wildman–Crippen LogP) is 2.85. The molecule has 1 aliphatic heterocycles. The second-order valence-electron chi connectivity index (χ2n) is 5.70. The summed E-state index contributed by atoms with van der Waals surface area (Å²) in [6, 6.07) is 9.83. The molecule has 128 valence electrons. The second-order valence-corrected chi connectivity index (χ2v) is 7.57. The van der Waals surface area contributed by atoms with Crippen molar-refractivity contribution in [3.05, 3.63) is 47.7 Å². The maximum atomic E-state index is 12.4. The van der Waals surface area contributed by atoms with Gasteiger partial charge in [-0.1, -0.05) is 0 Å². The number of nitrogens with zero attached hydrogens (tertiary/aromatic N) is 1. The van der Waals surface area contributed by atoms with Crippen LogP contribution in [-0.4, -0.2) is 31.6 Å². The summed E-state index contributed by atoms with van der Waals surface area (Å²) < 4.78 is 37.2. The van der Waals surface area contributed by atoms with Crippen molar-refractivity contribution in [3.63, 3.8) is 0 Å². The molecule has 3 rings (SSSR count). The number of ether oxygens (including phenoxy) is 1. The van der Waals surface area contributed by atoms with Gasteiger partial charge in [0.1, 0.15) is 18.1 Å². The second kappa shape index (κ2) is 6.78. The van der Waals surface area contributed by atoms with Gasteiger partial charge in [0, 0.05) is 18.7 Å². The van der Waals surface area contributed by atoms with Crippen molar-refractivity contribution in [1.29, 1.82) is 0 Å². The molecular formula is C17H19NO5S. The van der Waals surface area contributed by atoms with Crippen LogP contribution < -0.4 is 4.74 Å². The number of sulfonamides is 1. The Balaban J connectivity index is 1.64. The van der Waals surface area contributed by atoms with Crippen LogP contribution in [0.5, 0.6) is 5.75 Å². The Labute approximate surface area is 141 Å². The topological polar surface area (TPSA) is 76.8 Å². The van der Waals surface area contributed by atoms with Crippen LogP contribution in [0.3, 0.4) is 0 Å². The van der Waals surface area contributed by atoms with Crippen LogP contribution in [0.2, 0.25) is 0 Å². The molecule has 0 atom stereocenters. The average Bonchev–Trinajstić information content (AvgIpc) is 3.25. The van der Waals surface area contributed by atoms with E-state index in [-0.39, 0.29) is 17.5 Å². The molecule has 0 aliphatic carbocycles. The summed E-state index contributed by atoms with van der Waals surface area (Å²) in [6.45, 7) is 2.70. The van der Waals surface area contributed by atoms with Gasteiger partial charge in [-0.15, -0.1) is 0 Å². The van der Waals surface area contributed by atoms with Gasteiger partial charge in [0.05, 0.1) is 0 Å². The number of benzene rings is 1. The Kier molecular flexibility index (Phi) is 4.73. The number of rotatable bonds is 6. The molecule has 0 unspecified atom stereocenters. The van der Waals surface area contributed by atoms with Crippen molar-refractivity contribution >= 4 is 15.8 Å². The molecule has 0 amide bonds. The minimum atomic E-state index is -3.54. The number of hydrogen-bond acceptors (Lipinski definition) is 5. The Hall–Kier alpha value is -2.12. The van der Waals surface area contributed by atoms with Crippen LogP contribution in [0.15, 0.2) is 45.9 Å². The van der Waals surface area contributed by atoms with Crippen LogP contribution in [0.25, 0.3) is 0 Å². The van der Waals surface area contributed by atoms with Crippen LogP contribution in [-0.2, 0) is 16.6 Å². The summed E-state index contributed by atoms with van der Waals surface area (Å²) in [5, 5.41) is -0.0464. The summed E-state index contributed by atoms with van der Waals surface area (Å²) in [6.07, 6.45) is 1.76. The molecule has 2 aromatic rings. The zero-order valence-corrected chi connectivity index (χ0v) is 14.2. The number of Topliss-reactive ketones (excluding diaryl/α,β-unsaturated/α-hetero) is 1. The van der Waals surface area contributed by atoms with E-state index in [0.29, 0.717) is 30.2 Å². The van der Waals surface area contributed by atoms with Crippen LogP contribution in [0.1, 0.15) is 35.9 Å². The van der Waals surface area contributed by atoms with Crippen molar-refractivity contribution in [2.45, 2.75) is 31.5 Å². The first-order valence-corrected chi connectivity index (χ1v) is 9.23. The SMILES string of the molecule is CC(=O)c1ccc(OCc2ccc(S(=O)(=O)N3CCCC3)o2)cc1. The molecular weight excluding hydrogens is 330 g/mol. The average molecular weight is 349 g/mol. The van der Waals surface area contributed by atoms with Gasteiger partial charge < -0.3 is 9.15 Å². The van der Waals surface area contributed by atoms with E-state index >= 15 is 0 Å². The summed E-state index contributed by atoms with van der Waals surface area (Å²) in [5.74, 6) is 1.01. The Morgan fingerprint density at radius 3 is 2.42 bits per heavy atom. The lowest BCUT2D eigenvalue weighted by Gasteiger charge is -2.12. The lowest BCUT2D eigenvalue weighted by atomic mass is 10.1. The fourth-order valence-electron chi connectivity index (χ4n) is 2.57. The van der Waals surface area contributed by atoms with Crippen molar-refractivity contribution < 1.29 is 22.4 Å². The molecule has 24 heavy (non-hydrogen) atoms. The molecule has 1 aromatic heterocycles. The quantitative estimate of drug-likeness (QED) is 0.750. The number of ketones is 1. The van der Waals surface area contributed by atoms with Gasteiger partial charge >= 0.3 is 0 Å². The largest absolute Gasteiger partial charge is 0.486 e. The Morgan fingerprint density at radius 2 is 1.79 bits per heavy atom. The minimum absolute atomic E-state index is 0.00987. The molecule has 0 saturated carbocycles. The molecule has 1 aliphatic rings. The van der Waals surface area contributed by atoms with Crippen molar-refractivity contribution in [3.8, 4) is 5.75 Å². The highest BCUT2D eigenvalue weighted by atomic mass is 32.2. The fraction of sp³-hybridized carbons (Fsp3) is 0.353. The van der Waals surface area contributed by atoms with Crippen molar-refractivity contribution in [2.75, 3.05) is 13.1 Å². The van der Waals surface area contributed by atoms with Crippen molar-refractivity contribution in [2.24, 2.45) is 0 Å². The number of carbonyl (C=O) groups excluding carboxylic acids is 1.